The maximum absolute atomic E-state index is 14.3. The van der Waals surface area contributed by atoms with E-state index in [0.29, 0.717) is 43.2 Å². The Balaban J connectivity index is 1.39. The van der Waals surface area contributed by atoms with E-state index in [0.717, 1.165) is 35.0 Å². The van der Waals surface area contributed by atoms with Crippen molar-refractivity contribution < 1.29 is 24.3 Å². The zero-order valence-corrected chi connectivity index (χ0v) is 30.3. The number of nitrogens with one attached hydrogen (secondary N) is 4. The Hall–Kier alpha value is -5.89. The second-order valence-corrected chi connectivity index (χ2v) is 14.0. The Labute approximate surface area is 314 Å². The molecule has 0 saturated heterocycles. The summed E-state index contributed by atoms with van der Waals surface area (Å²) < 4.78 is 0. The number of primary amides is 1. The molecule has 14 nitrogen and oxygen atoms in total. The third-order valence-corrected chi connectivity index (χ3v) is 9.88. The van der Waals surface area contributed by atoms with Gasteiger partial charge in [-0.3, -0.25) is 24.2 Å². The average molecular weight is 738 g/mol. The maximum atomic E-state index is 14.3. The Bertz CT molecular complexity index is 1920. The van der Waals surface area contributed by atoms with E-state index in [2.05, 4.69) is 25.9 Å². The molecule has 14 heteroatoms. The summed E-state index contributed by atoms with van der Waals surface area (Å²) in [6.45, 7) is 0.357. The Morgan fingerprint density at radius 2 is 1.50 bits per heavy atom. The number of benzene rings is 3. The van der Waals surface area contributed by atoms with Crippen molar-refractivity contribution in [1.82, 2.24) is 20.9 Å². The van der Waals surface area contributed by atoms with Gasteiger partial charge >= 0.3 is 0 Å². The zero-order valence-electron chi connectivity index (χ0n) is 30.3. The van der Waals surface area contributed by atoms with E-state index in [1.165, 1.54) is 0 Å². The van der Waals surface area contributed by atoms with Crippen molar-refractivity contribution in [1.29, 1.82) is 0 Å². The van der Waals surface area contributed by atoms with Crippen molar-refractivity contribution >= 4 is 40.5 Å². The number of amides is 4. The van der Waals surface area contributed by atoms with Crippen LogP contribution >= 0.6 is 0 Å². The predicted octanol–water partition coefficient (Wildman–Crippen LogP) is 2.23. The highest BCUT2D eigenvalue weighted by Crippen LogP contribution is 2.26. The highest BCUT2D eigenvalue weighted by molar-refractivity contribution is 5.95. The number of carbonyl (C=O) groups is 4. The van der Waals surface area contributed by atoms with Gasteiger partial charge in [0.25, 0.3) is 0 Å². The number of nitrogens with zero attached hydrogens (tertiary/aromatic N) is 1. The SMILES string of the molecule is NC(=O)[C@H](CCCCN=C(N)N)NC(=O)[C@H](Cc1ccc(-c2ccccc2)cc1)NC(=O)[C@H](Cc1c[nH]c2ccc(O)cc12)NC(=O)[C@@H]1CCC[C@@H](N)C1. The molecule has 13 N–H and O–H groups in total. The Morgan fingerprint density at radius 1 is 0.815 bits per heavy atom. The van der Waals surface area contributed by atoms with Crippen molar-refractivity contribution in [3.05, 3.63) is 90.1 Å². The molecule has 1 aromatic heterocycles. The smallest absolute Gasteiger partial charge is 0.243 e. The zero-order chi connectivity index (χ0) is 38.6. The summed E-state index contributed by atoms with van der Waals surface area (Å²) >= 11 is 0. The van der Waals surface area contributed by atoms with Crippen LogP contribution in [0.5, 0.6) is 5.75 Å². The van der Waals surface area contributed by atoms with Crippen LogP contribution in [0, 0.1) is 5.92 Å². The standard InChI is InChI=1S/C40H51N9O5/c41-29-10-6-9-27(20-29)37(52)48-35(21-28-23-46-32-17-16-30(50)22-31(28)32)39(54)49-34(19-24-12-14-26(15-13-24)25-7-2-1-3-8-25)38(53)47-33(36(42)51)11-4-5-18-45-40(43)44/h1-3,7-8,12-17,22-23,27,29,33-35,46,50H,4-6,9-11,18-21,41H2,(H2,42,51)(H,47,53)(H,48,52)(H,49,54)(H4,43,44,45)/t27-,29-,33+,34+,35+/m1/s1. The lowest BCUT2D eigenvalue weighted by atomic mass is 9.85. The summed E-state index contributed by atoms with van der Waals surface area (Å²) in [6.07, 6.45) is 5.98. The highest BCUT2D eigenvalue weighted by Gasteiger charge is 2.33. The van der Waals surface area contributed by atoms with Crippen LogP contribution < -0.4 is 38.9 Å². The first-order valence-corrected chi connectivity index (χ1v) is 18.4. The molecule has 0 aliphatic heterocycles. The largest absolute Gasteiger partial charge is 0.508 e. The Kier molecular flexibility index (Phi) is 13.6. The fourth-order valence-corrected chi connectivity index (χ4v) is 6.93. The van der Waals surface area contributed by atoms with Gasteiger partial charge in [-0.05, 0) is 79.0 Å². The number of aromatic nitrogens is 1. The van der Waals surface area contributed by atoms with E-state index < -0.39 is 35.8 Å². The molecule has 1 aliphatic carbocycles. The number of hydrogen-bond donors (Lipinski definition) is 9. The lowest BCUT2D eigenvalue weighted by Crippen LogP contribution is -2.58. The molecular weight excluding hydrogens is 686 g/mol. The molecule has 1 aliphatic rings. The normalized spacial score (nSPS) is 17.1. The summed E-state index contributed by atoms with van der Waals surface area (Å²) in [5.74, 6) is -2.55. The van der Waals surface area contributed by atoms with E-state index >= 15 is 0 Å². The van der Waals surface area contributed by atoms with Crippen LogP contribution in [0.3, 0.4) is 0 Å². The summed E-state index contributed by atoms with van der Waals surface area (Å²) in [4.78, 5) is 61.5. The number of unbranched alkanes of at least 4 members (excludes halogenated alkanes) is 1. The second kappa shape index (κ2) is 18.7. The van der Waals surface area contributed by atoms with Gasteiger partial charge < -0.3 is 49.0 Å². The fraction of sp³-hybridized carbons (Fsp3) is 0.375. The second-order valence-electron chi connectivity index (χ2n) is 14.0. The van der Waals surface area contributed by atoms with Crippen LogP contribution in [-0.4, -0.2) is 70.4 Å². The molecule has 1 fully saturated rings. The summed E-state index contributed by atoms with van der Waals surface area (Å²) in [6, 6.07) is 19.0. The molecular formula is C40H51N9O5. The van der Waals surface area contributed by atoms with E-state index in [-0.39, 0.29) is 48.8 Å². The van der Waals surface area contributed by atoms with E-state index in [4.69, 9.17) is 22.9 Å². The third-order valence-electron chi connectivity index (χ3n) is 9.88. The molecule has 4 amide bonds. The van der Waals surface area contributed by atoms with Crippen LogP contribution in [0.4, 0.5) is 0 Å². The van der Waals surface area contributed by atoms with Crippen LogP contribution in [0.1, 0.15) is 56.1 Å². The van der Waals surface area contributed by atoms with Crippen molar-refractivity contribution in [2.45, 2.75) is 82.0 Å². The van der Waals surface area contributed by atoms with E-state index in [1.807, 2.05) is 54.6 Å². The van der Waals surface area contributed by atoms with Crippen LogP contribution in [0.25, 0.3) is 22.0 Å². The molecule has 4 aromatic rings. The quantitative estimate of drug-likeness (QED) is 0.0440. The number of hydrogen-bond acceptors (Lipinski definition) is 7. The summed E-state index contributed by atoms with van der Waals surface area (Å²) in [5.41, 5.74) is 26.9. The number of aromatic hydroxyl groups is 1. The van der Waals surface area contributed by atoms with Crippen LogP contribution in [0.2, 0.25) is 0 Å². The number of nitrogens with two attached hydrogens (primary N) is 4. The number of phenolic OH excluding ortho intramolecular Hbond substituents is 1. The number of rotatable bonds is 17. The highest BCUT2D eigenvalue weighted by atomic mass is 16.3. The van der Waals surface area contributed by atoms with Gasteiger partial charge in [-0.1, -0.05) is 61.0 Å². The van der Waals surface area contributed by atoms with Crippen molar-refractivity contribution in [3.8, 4) is 16.9 Å². The third kappa shape index (κ3) is 11.1. The number of phenols is 1. The van der Waals surface area contributed by atoms with Gasteiger partial charge in [-0.15, -0.1) is 0 Å². The van der Waals surface area contributed by atoms with Gasteiger partial charge in [-0.2, -0.15) is 0 Å². The van der Waals surface area contributed by atoms with Gasteiger partial charge in [0.05, 0.1) is 0 Å². The van der Waals surface area contributed by atoms with Gasteiger partial charge in [-0.25, -0.2) is 0 Å². The first-order valence-electron chi connectivity index (χ1n) is 18.4. The maximum Gasteiger partial charge on any atom is 0.243 e. The van der Waals surface area contributed by atoms with E-state index in [1.54, 1.807) is 24.4 Å². The molecule has 3 aromatic carbocycles. The van der Waals surface area contributed by atoms with Crippen LogP contribution in [0.15, 0.2) is 84.0 Å². The first-order chi connectivity index (χ1) is 26.0. The minimum absolute atomic E-state index is 0.0372. The molecule has 0 bridgehead atoms. The summed E-state index contributed by atoms with van der Waals surface area (Å²) in [5, 5.41) is 19.5. The molecule has 1 saturated carbocycles. The molecule has 286 valence electrons. The van der Waals surface area contributed by atoms with Crippen molar-refractivity contribution in [2.24, 2.45) is 33.8 Å². The fourth-order valence-electron chi connectivity index (χ4n) is 6.93. The number of guanidine groups is 1. The lowest BCUT2D eigenvalue weighted by molar-refractivity contribution is -0.134. The molecule has 0 radical (unpaired) electrons. The van der Waals surface area contributed by atoms with E-state index in [9.17, 15) is 24.3 Å². The number of aliphatic imine (C=N–C) groups is 1. The van der Waals surface area contributed by atoms with Gasteiger partial charge in [0.2, 0.25) is 23.6 Å². The molecule has 1 heterocycles. The number of fused-ring (bicyclic) bond motifs is 1. The monoisotopic (exact) mass is 737 g/mol. The minimum atomic E-state index is -1.14. The number of aromatic amines is 1. The Morgan fingerprint density at radius 3 is 2.19 bits per heavy atom. The van der Waals surface area contributed by atoms with Crippen molar-refractivity contribution in [3.63, 3.8) is 0 Å². The van der Waals surface area contributed by atoms with Crippen molar-refractivity contribution in [2.75, 3.05) is 6.54 Å². The topological polar surface area (TPSA) is 257 Å². The molecule has 0 spiro atoms. The van der Waals surface area contributed by atoms with Gasteiger partial charge in [0, 0.05) is 48.4 Å². The van der Waals surface area contributed by atoms with Gasteiger partial charge in [0.15, 0.2) is 5.96 Å². The lowest BCUT2D eigenvalue weighted by Gasteiger charge is -2.29. The summed E-state index contributed by atoms with van der Waals surface area (Å²) in [7, 11) is 0. The first kappa shape index (κ1) is 39.3. The minimum Gasteiger partial charge on any atom is -0.508 e. The molecule has 54 heavy (non-hydrogen) atoms. The molecule has 0 unspecified atom stereocenters. The number of H-pyrrole nitrogens is 1. The molecule has 5 rings (SSSR count). The van der Waals surface area contributed by atoms with Crippen LogP contribution in [-0.2, 0) is 32.0 Å². The average Bonchev–Trinajstić information content (AvgIpc) is 3.55. The number of carbonyl (C=O) groups excluding carboxylic acids is 4. The van der Waals surface area contributed by atoms with Gasteiger partial charge in [0.1, 0.15) is 23.9 Å². The predicted molar refractivity (Wildman–Crippen MR) is 209 cm³/mol. The molecule has 5 atom stereocenters.